The van der Waals surface area contributed by atoms with Gasteiger partial charge in [0.25, 0.3) is 0 Å². The summed E-state index contributed by atoms with van der Waals surface area (Å²) in [5.41, 5.74) is 6.87. The topological polar surface area (TPSA) is 59.1 Å². The predicted molar refractivity (Wildman–Crippen MR) is 70.0 cm³/mol. The lowest BCUT2D eigenvalue weighted by atomic mass is 10.3. The van der Waals surface area contributed by atoms with Crippen molar-refractivity contribution in [1.29, 1.82) is 0 Å². The second kappa shape index (κ2) is 5.63. The molecule has 86 valence electrons. The zero-order valence-corrected chi connectivity index (χ0v) is 10.4. The lowest BCUT2D eigenvalue weighted by Crippen LogP contribution is -2.23. The van der Waals surface area contributed by atoms with Crippen molar-refractivity contribution < 1.29 is 5.11 Å². The van der Waals surface area contributed by atoms with Crippen LogP contribution in [0, 0.1) is 0 Å². The number of hydrogen-bond donors (Lipinski definition) is 2. The fourth-order valence-electron chi connectivity index (χ4n) is 1.34. The molecule has 3 nitrogen and oxygen atoms in total. The molecular formula is C11H14N2OS2. The molecule has 0 amide bonds. The van der Waals surface area contributed by atoms with Gasteiger partial charge >= 0.3 is 0 Å². The number of nitrogens with zero attached hydrogens (tertiary/aromatic N) is 1. The van der Waals surface area contributed by atoms with Gasteiger partial charge in [0.05, 0.1) is 10.2 Å². The molecule has 1 aromatic heterocycles. The summed E-state index contributed by atoms with van der Waals surface area (Å²) < 4.78 is 2.26. The van der Waals surface area contributed by atoms with Gasteiger partial charge in [0.2, 0.25) is 0 Å². The van der Waals surface area contributed by atoms with Crippen LogP contribution in [0.25, 0.3) is 10.2 Å². The Hall–Kier alpha value is -0.620. The van der Waals surface area contributed by atoms with Gasteiger partial charge in [0, 0.05) is 18.4 Å². The Labute approximate surface area is 103 Å². The van der Waals surface area contributed by atoms with Crippen molar-refractivity contribution in [1.82, 2.24) is 4.98 Å². The van der Waals surface area contributed by atoms with Gasteiger partial charge in [-0.25, -0.2) is 4.98 Å². The quantitative estimate of drug-likeness (QED) is 0.802. The van der Waals surface area contributed by atoms with Gasteiger partial charge in [0.1, 0.15) is 0 Å². The Kier molecular flexibility index (Phi) is 4.17. The van der Waals surface area contributed by atoms with Crippen LogP contribution >= 0.6 is 23.1 Å². The summed E-state index contributed by atoms with van der Waals surface area (Å²) in [6.45, 7) is 0.154. The molecule has 0 radical (unpaired) electrons. The lowest BCUT2D eigenvalue weighted by Gasteiger charge is -2.06. The standard InChI is InChI=1S/C11H14N2OS2/c12-8(5-6-14)7-15-11-13-9-3-1-2-4-10(9)16-11/h1-4,8,14H,5-7,12H2. The molecule has 1 unspecified atom stereocenters. The third kappa shape index (κ3) is 2.95. The molecule has 0 bridgehead atoms. The molecule has 0 saturated carbocycles. The summed E-state index contributed by atoms with van der Waals surface area (Å²) in [5, 5.41) is 8.75. The first-order valence-corrected chi connectivity index (χ1v) is 6.94. The number of hydrogen-bond acceptors (Lipinski definition) is 5. The first-order valence-electron chi connectivity index (χ1n) is 5.14. The van der Waals surface area contributed by atoms with E-state index in [9.17, 15) is 0 Å². The predicted octanol–water partition coefficient (Wildman–Crippen LogP) is 2.10. The maximum Gasteiger partial charge on any atom is 0.151 e. The van der Waals surface area contributed by atoms with Crippen LogP contribution in [0.15, 0.2) is 28.6 Å². The molecule has 2 rings (SSSR count). The molecule has 0 aliphatic rings. The van der Waals surface area contributed by atoms with Gasteiger partial charge in [0.15, 0.2) is 4.34 Å². The Balaban J connectivity index is 1.99. The normalized spacial score (nSPS) is 13.1. The van der Waals surface area contributed by atoms with Crippen molar-refractivity contribution in [2.75, 3.05) is 12.4 Å². The van der Waals surface area contributed by atoms with Gasteiger partial charge in [-0.2, -0.15) is 0 Å². The van der Waals surface area contributed by atoms with Gasteiger partial charge in [-0.05, 0) is 18.6 Å². The van der Waals surface area contributed by atoms with E-state index < -0.39 is 0 Å². The molecule has 1 atom stereocenters. The molecule has 0 spiro atoms. The monoisotopic (exact) mass is 254 g/mol. The lowest BCUT2D eigenvalue weighted by molar-refractivity contribution is 0.279. The SMILES string of the molecule is NC(CCO)CSc1nc2ccccc2s1. The smallest absolute Gasteiger partial charge is 0.151 e. The second-order valence-electron chi connectivity index (χ2n) is 3.53. The van der Waals surface area contributed by atoms with E-state index in [0.717, 1.165) is 15.6 Å². The zero-order valence-electron chi connectivity index (χ0n) is 8.80. The van der Waals surface area contributed by atoms with E-state index in [1.165, 1.54) is 4.70 Å². The highest BCUT2D eigenvalue weighted by Crippen LogP contribution is 2.29. The number of aliphatic hydroxyl groups is 1. The first-order chi connectivity index (χ1) is 7.79. The van der Waals surface area contributed by atoms with E-state index in [2.05, 4.69) is 11.1 Å². The van der Waals surface area contributed by atoms with Gasteiger partial charge < -0.3 is 10.8 Å². The van der Waals surface area contributed by atoms with Crippen molar-refractivity contribution in [2.24, 2.45) is 5.73 Å². The summed E-state index contributed by atoms with van der Waals surface area (Å²) in [7, 11) is 0. The third-order valence-electron chi connectivity index (χ3n) is 2.20. The summed E-state index contributed by atoms with van der Waals surface area (Å²) >= 11 is 3.36. The third-order valence-corrected chi connectivity index (χ3v) is 4.56. The van der Waals surface area contributed by atoms with Gasteiger partial charge in [-0.1, -0.05) is 23.9 Å². The van der Waals surface area contributed by atoms with Crippen LogP contribution in [0.4, 0.5) is 0 Å². The summed E-state index contributed by atoms with van der Waals surface area (Å²) in [6, 6.07) is 8.15. The number of para-hydroxylation sites is 1. The van der Waals surface area contributed by atoms with Crippen molar-refractivity contribution in [3.8, 4) is 0 Å². The van der Waals surface area contributed by atoms with Crippen LogP contribution in [0.1, 0.15) is 6.42 Å². The highest BCUT2D eigenvalue weighted by molar-refractivity contribution is 8.01. The maximum absolute atomic E-state index is 8.75. The molecule has 2 aromatic rings. The first kappa shape index (κ1) is 11.9. The Morgan fingerprint density at radius 2 is 2.25 bits per heavy atom. The Bertz CT molecular complexity index is 425. The summed E-state index contributed by atoms with van der Waals surface area (Å²) in [4.78, 5) is 4.51. The molecule has 0 fully saturated rings. The number of aliphatic hydroxyl groups excluding tert-OH is 1. The van der Waals surface area contributed by atoms with Gasteiger partial charge in [-0.3, -0.25) is 0 Å². The van der Waals surface area contributed by atoms with Crippen molar-refractivity contribution in [3.05, 3.63) is 24.3 Å². The van der Waals surface area contributed by atoms with E-state index in [4.69, 9.17) is 10.8 Å². The zero-order chi connectivity index (χ0) is 11.4. The number of aromatic nitrogens is 1. The fourth-order valence-corrected chi connectivity index (χ4v) is 3.43. The number of fused-ring (bicyclic) bond motifs is 1. The van der Waals surface area contributed by atoms with Crippen LogP contribution in [0.5, 0.6) is 0 Å². The van der Waals surface area contributed by atoms with Crippen molar-refractivity contribution in [2.45, 2.75) is 16.8 Å². The highest BCUT2D eigenvalue weighted by Gasteiger charge is 2.06. The molecule has 3 N–H and O–H groups in total. The molecule has 16 heavy (non-hydrogen) atoms. The van der Waals surface area contributed by atoms with E-state index in [1.54, 1.807) is 23.1 Å². The minimum Gasteiger partial charge on any atom is -0.396 e. The van der Waals surface area contributed by atoms with Crippen LogP contribution in [0.2, 0.25) is 0 Å². The number of rotatable bonds is 5. The molecule has 5 heteroatoms. The minimum atomic E-state index is 0.0435. The van der Waals surface area contributed by atoms with E-state index >= 15 is 0 Å². The second-order valence-corrected chi connectivity index (χ2v) is 5.83. The Morgan fingerprint density at radius 3 is 3.00 bits per heavy atom. The number of benzene rings is 1. The van der Waals surface area contributed by atoms with Crippen molar-refractivity contribution in [3.63, 3.8) is 0 Å². The highest BCUT2D eigenvalue weighted by atomic mass is 32.2. The summed E-state index contributed by atoms with van der Waals surface area (Å²) in [6.07, 6.45) is 0.651. The average molecular weight is 254 g/mol. The van der Waals surface area contributed by atoms with Crippen LogP contribution in [0.3, 0.4) is 0 Å². The number of thioether (sulfide) groups is 1. The van der Waals surface area contributed by atoms with E-state index in [1.807, 2.05) is 18.2 Å². The van der Waals surface area contributed by atoms with Crippen LogP contribution in [-0.2, 0) is 0 Å². The van der Waals surface area contributed by atoms with E-state index in [0.29, 0.717) is 6.42 Å². The van der Waals surface area contributed by atoms with E-state index in [-0.39, 0.29) is 12.6 Å². The molecule has 0 aliphatic heterocycles. The average Bonchev–Trinajstić information content (AvgIpc) is 2.69. The Morgan fingerprint density at radius 1 is 1.44 bits per heavy atom. The largest absolute Gasteiger partial charge is 0.396 e. The molecule has 0 aliphatic carbocycles. The molecule has 1 heterocycles. The summed E-state index contributed by atoms with van der Waals surface area (Å²) in [5.74, 6) is 0.806. The van der Waals surface area contributed by atoms with Gasteiger partial charge in [-0.15, -0.1) is 11.3 Å². The minimum absolute atomic E-state index is 0.0435. The molecule has 1 aromatic carbocycles. The molecular weight excluding hydrogens is 240 g/mol. The van der Waals surface area contributed by atoms with Crippen LogP contribution < -0.4 is 5.73 Å². The van der Waals surface area contributed by atoms with Crippen molar-refractivity contribution >= 4 is 33.3 Å². The number of nitrogens with two attached hydrogens (primary N) is 1. The number of thiazole rings is 1. The maximum atomic E-state index is 8.75. The van der Waals surface area contributed by atoms with Crippen LogP contribution in [-0.4, -0.2) is 28.5 Å². The molecule has 0 saturated heterocycles. The fraction of sp³-hybridized carbons (Fsp3) is 0.364.